The number of carbonyl (C=O) groups is 1. The van der Waals surface area contributed by atoms with Crippen molar-refractivity contribution in [2.24, 2.45) is 5.92 Å². The van der Waals surface area contributed by atoms with Crippen LogP contribution in [-0.4, -0.2) is 38.9 Å². The molecule has 0 aliphatic heterocycles. The van der Waals surface area contributed by atoms with Crippen molar-refractivity contribution in [1.82, 2.24) is 9.03 Å². The molecule has 0 aliphatic rings. The largest absolute Gasteiger partial charge is 0.468 e. The molecule has 0 saturated heterocycles. The van der Waals surface area contributed by atoms with Crippen LogP contribution in [0.4, 0.5) is 0 Å². The molecule has 118 valence electrons. The van der Waals surface area contributed by atoms with Gasteiger partial charge in [-0.15, -0.1) is 0 Å². The molecule has 0 aromatic heterocycles. The Morgan fingerprint density at radius 3 is 2.29 bits per heavy atom. The molecule has 0 spiro atoms. The molecule has 0 aliphatic carbocycles. The van der Waals surface area contributed by atoms with Gasteiger partial charge in [0.15, 0.2) is 0 Å². The van der Waals surface area contributed by atoms with Gasteiger partial charge in [-0.2, -0.15) is 12.7 Å². The normalized spacial score (nSPS) is 13.4. The first-order valence-corrected chi connectivity index (χ1v) is 8.09. The zero-order chi connectivity index (χ0) is 16.0. The van der Waals surface area contributed by atoms with Gasteiger partial charge in [0.1, 0.15) is 6.04 Å². The highest BCUT2D eigenvalue weighted by Crippen LogP contribution is 2.19. The monoisotopic (exact) mass is 314 g/mol. The molecule has 1 atom stereocenters. The van der Waals surface area contributed by atoms with E-state index in [1.54, 1.807) is 13.8 Å². The van der Waals surface area contributed by atoms with Gasteiger partial charge in [0, 0.05) is 13.6 Å². The van der Waals surface area contributed by atoms with E-state index >= 15 is 0 Å². The van der Waals surface area contributed by atoms with Crippen LogP contribution in [0, 0.1) is 5.92 Å². The zero-order valence-electron chi connectivity index (χ0n) is 12.7. The van der Waals surface area contributed by atoms with E-state index in [1.165, 1.54) is 14.2 Å². The quantitative estimate of drug-likeness (QED) is 0.766. The summed E-state index contributed by atoms with van der Waals surface area (Å²) in [5.41, 5.74) is 0.797. The maximum absolute atomic E-state index is 12.3. The number of nitrogens with one attached hydrogen (secondary N) is 1. The lowest BCUT2D eigenvalue weighted by atomic mass is 10.0. The summed E-state index contributed by atoms with van der Waals surface area (Å²) in [6, 6.07) is 8.23. The number of carbonyl (C=O) groups excluding carboxylic acids is 1. The van der Waals surface area contributed by atoms with Crippen molar-refractivity contribution in [1.29, 1.82) is 0 Å². The van der Waals surface area contributed by atoms with E-state index < -0.39 is 22.2 Å². The molecule has 0 unspecified atom stereocenters. The van der Waals surface area contributed by atoms with Crippen molar-refractivity contribution in [3.8, 4) is 0 Å². The lowest BCUT2D eigenvalue weighted by molar-refractivity contribution is -0.146. The molecule has 0 heterocycles. The highest BCUT2D eigenvalue weighted by Gasteiger charge is 2.37. The topological polar surface area (TPSA) is 75.7 Å². The van der Waals surface area contributed by atoms with Crippen LogP contribution in [0.25, 0.3) is 0 Å². The third-order valence-corrected chi connectivity index (χ3v) is 4.62. The fourth-order valence-electron chi connectivity index (χ4n) is 2.06. The van der Waals surface area contributed by atoms with E-state index in [1.807, 2.05) is 30.3 Å². The standard InChI is InChI=1S/C14H22N2O4S/c1-11(2)13(14(17)20-4)16(21(18,19)15-3)10-12-8-6-5-7-9-12/h5-9,11,13,15H,10H2,1-4H3/t13-/m1/s1. The van der Waals surface area contributed by atoms with Crippen LogP contribution in [-0.2, 0) is 26.3 Å². The van der Waals surface area contributed by atoms with Crippen LogP contribution < -0.4 is 4.72 Å². The molecule has 7 heteroatoms. The summed E-state index contributed by atoms with van der Waals surface area (Å²) in [6.07, 6.45) is 0. The third kappa shape index (κ3) is 4.52. The smallest absolute Gasteiger partial charge is 0.324 e. The lowest BCUT2D eigenvalue weighted by Crippen LogP contribution is -2.51. The van der Waals surface area contributed by atoms with Crippen LogP contribution in [0.1, 0.15) is 19.4 Å². The Bertz CT molecular complexity index is 558. The number of methoxy groups -OCH3 is 1. The first-order valence-electron chi connectivity index (χ1n) is 6.65. The number of esters is 1. The van der Waals surface area contributed by atoms with Crippen molar-refractivity contribution in [3.05, 3.63) is 35.9 Å². The molecule has 0 fully saturated rings. The Balaban J connectivity index is 3.21. The van der Waals surface area contributed by atoms with E-state index in [2.05, 4.69) is 4.72 Å². The van der Waals surface area contributed by atoms with Crippen molar-refractivity contribution in [2.45, 2.75) is 26.4 Å². The van der Waals surface area contributed by atoms with Crippen LogP contribution in [0.3, 0.4) is 0 Å². The molecule has 0 bridgehead atoms. The molecular weight excluding hydrogens is 292 g/mol. The Labute approximate surface area is 126 Å². The molecule has 21 heavy (non-hydrogen) atoms. The highest BCUT2D eigenvalue weighted by atomic mass is 32.2. The van der Waals surface area contributed by atoms with E-state index in [-0.39, 0.29) is 12.5 Å². The van der Waals surface area contributed by atoms with Crippen molar-refractivity contribution in [2.75, 3.05) is 14.2 Å². The molecule has 0 radical (unpaired) electrons. The minimum atomic E-state index is -3.78. The van der Waals surface area contributed by atoms with E-state index in [0.717, 1.165) is 9.87 Å². The minimum Gasteiger partial charge on any atom is -0.468 e. The Morgan fingerprint density at radius 2 is 1.86 bits per heavy atom. The molecule has 1 rings (SSSR count). The van der Waals surface area contributed by atoms with Gasteiger partial charge in [0.05, 0.1) is 7.11 Å². The summed E-state index contributed by atoms with van der Waals surface area (Å²) in [5.74, 6) is -0.788. The first kappa shape index (κ1) is 17.6. The summed E-state index contributed by atoms with van der Waals surface area (Å²) in [5, 5.41) is 0. The van der Waals surface area contributed by atoms with E-state index in [9.17, 15) is 13.2 Å². The Hall–Kier alpha value is -1.44. The van der Waals surface area contributed by atoms with Gasteiger partial charge in [-0.3, -0.25) is 4.79 Å². The fourth-order valence-corrected chi connectivity index (χ4v) is 3.24. The number of hydrogen-bond donors (Lipinski definition) is 1. The first-order chi connectivity index (χ1) is 9.83. The molecule has 1 aromatic carbocycles. The molecular formula is C14H22N2O4S. The molecule has 0 amide bonds. The summed E-state index contributed by atoms with van der Waals surface area (Å²) in [7, 11) is -1.20. The van der Waals surface area contributed by atoms with Gasteiger partial charge in [-0.05, 0) is 11.5 Å². The van der Waals surface area contributed by atoms with E-state index in [4.69, 9.17) is 4.74 Å². The van der Waals surface area contributed by atoms with Crippen molar-refractivity contribution in [3.63, 3.8) is 0 Å². The van der Waals surface area contributed by atoms with Gasteiger partial charge < -0.3 is 4.74 Å². The average Bonchev–Trinajstić information content (AvgIpc) is 2.47. The predicted molar refractivity (Wildman–Crippen MR) is 80.6 cm³/mol. The van der Waals surface area contributed by atoms with Gasteiger partial charge in [0.2, 0.25) is 0 Å². The van der Waals surface area contributed by atoms with Crippen LogP contribution in [0.2, 0.25) is 0 Å². The maximum Gasteiger partial charge on any atom is 0.324 e. The third-order valence-electron chi connectivity index (χ3n) is 3.13. The SMILES string of the molecule is CNS(=O)(=O)N(Cc1ccccc1)[C@@H](C(=O)OC)C(C)C. The summed E-state index contributed by atoms with van der Waals surface area (Å²) < 4.78 is 32.7. The fraction of sp³-hybridized carbons (Fsp3) is 0.500. The Morgan fingerprint density at radius 1 is 1.29 bits per heavy atom. The lowest BCUT2D eigenvalue weighted by Gasteiger charge is -2.31. The second-order valence-corrected chi connectivity index (χ2v) is 6.78. The van der Waals surface area contributed by atoms with Gasteiger partial charge >= 0.3 is 5.97 Å². The summed E-state index contributed by atoms with van der Waals surface area (Å²) >= 11 is 0. The number of ether oxygens (including phenoxy) is 1. The number of hydrogen-bond acceptors (Lipinski definition) is 4. The number of benzene rings is 1. The molecule has 0 saturated carbocycles. The van der Waals surface area contributed by atoms with Gasteiger partial charge in [-0.1, -0.05) is 44.2 Å². The second-order valence-electron chi connectivity index (χ2n) is 4.95. The van der Waals surface area contributed by atoms with Crippen LogP contribution >= 0.6 is 0 Å². The molecule has 1 N–H and O–H groups in total. The molecule has 1 aromatic rings. The molecule has 6 nitrogen and oxygen atoms in total. The predicted octanol–water partition coefficient (Wildman–Crippen LogP) is 1.15. The highest BCUT2D eigenvalue weighted by molar-refractivity contribution is 7.87. The van der Waals surface area contributed by atoms with Crippen molar-refractivity contribution < 1.29 is 17.9 Å². The van der Waals surface area contributed by atoms with Crippen LogP contribution in [0.5, 0.6) is 0 Å². The summed E-state index contributed by atoms with van der Waals surface area (Å²) in [6.45, 7) is 3.66. The minimum absolute atomic E-state index is 0.0992. The second kappa shape index (κ2) is 7.53. The van der Waals surface area contributed by atoms with Gasteiger partial charge in [-0.25, -0.2) is 4.72 Å². The van der Waals surface area contributed by atoms with Crippen molar-refractivity contribution >= 4 is 16.2 Å². The number of nitrogens with zero attached hydrogens (tertiary/aromatic N) is 1. The maximum atomic E-state index is 12.3. The zero-order valence-corrected chi connectivity index (χ0v) is 13.6. The number of rotatable bonds is 7. The average molecular weight is 314 g/mol. The van der Waals surface area contributed by atoms with Crippen LogP contribution in [0.15, 0.2) is 30.3 Å². The van der Waals surface area contributed by atoms with Gasteiger partial charge in [0.25, 0.3) is 10.2 Å². The van der Waals surface area contributed by atoms with E-state index in [0.29, 0.717) is 0 Å². The Kier molecular flexibility index (Phi) is 6.32. The summed E-state index contributed by atoms with van der Waals surface area (Å²) in [4.78, 5) is 12.0.